The molecule has 5 nitrogen and oxygen atoms in total. The van der Waals surface area contributed by atoms with Crippen LogP contribution in [0, 0.1) is 0 Å². The molecule has 96 valence electrons. The van der Waals surface area contributed by atoms with Crippen molar-refractivity contribution in [1.29, 1.82) is 0 Å². The lowest BCUT2D eigenvalue weighted by Crippen LogP contribution is -2.33. The molecule has 0 aromatic carbocycles. The molecule has 0 fully saturated rings. The number of halogens is 2. The molecule has 0 aliphatic rings. The minimum Gasteiger partial charge on any atom is -0.281 e. The normalized spacial score (nSPS) is 12.8. The third-order valence-corrected chi connectivity index (χ3v) is 3.56. The molecule has 0 radical (unpaired) electrons. The van der Waals surface area contributed by atoms with E-state index in [1.165, 1.54) is 12.3 Å². The molecule has 1 aromatic heterocycles. The summed E-state index contributed by atoms with van der Waals surface area (Å²) in [5.41, 5.74) is -0.640. The van der Waals surface area contributed by atoms with E-state index in [0.29, 0.717) is 4.47 Å². The number of nitrogens with zero attached hydrogens (tertiary/aromatic N) is 1. The number of sulfonamides is 1. The summed E-state index contributed by atoms with van der Waals surface area (Å²) in [6.45, 7) is 5.16. The Bertz CT molecular complexity index is 513. The van der Waals surface area contributed by atoms with Gasteiger partial charge in [-0.05, 0) is 42.8 Å². The fourth-order valence-electron chi connectivity index (χ4n) is 0.817. The van der Waals surface area contributed by atoms with Gasteiger partial charge in [-0.3, -0.25) is 4.84 Å². The molecule has 1 heterocycles. The van der Waals surface area contributed by atoms with Crippen molar-refractivity contribution in [2.24, 2.45) is 0 Å². The largest absolute Gasteiger partial charge is 0.281 e. The lowest BCUT2D eigenvalue weighted by molar-refractivity contribution is -0.0357. The Morgan fingerprint density at radius 2 is 2.06 bits per heavy atom. The van der Waals surface area contributed by atoms with Gasteiger partial charge in [0, 0.05) is 10.7 Å². The van der Waals surface area contributed by atoms with Crippen LogP contribution in [0.3, 0.4) is 0 Å². The smallest absolute Gasteiger partial charge is 0.265 e. The van der Waals surface area contributed by atoms with Gasteiger partial charge in [0.25, 0.3) is 10.0 Å². The molecule has 0 bridgehead atoms. The first-order chi connectivity index (χ1) is 7.62. The van der Waals surface area contributed by atoms with Gasteiger partial charge in [0.1, 0.15) is 10.0 Å². The maximum Gasteiger partial charge on any atom is 0.265 e. The highest BCUT2D eigenvalue weighted by molar-refractivity contribution is 9.10. The van der Waals surface area contributed by atoms with Crippen LogP contribution in [-0.2, 0) is 14.9 Å². The highest BCUT2D eigenvalue weighted by atomic mass is 79.9. The van der Waals surface area contributed by atoms with Crippen molar-refractivity contribution in [3.8, 4) is 0 Å². The van der Waals surface area contributed by atoms with Crippen molar-refractivity contribution in [2.75, 3.05) is 0 Å². The van der Waals surface area contributed by atoms with Gasteiger partial charge in [0.15, 0.2) is 0 Å². The standard InChI is InChI=1S/C9H12BrClN2O3S/c1-9(2,3)16-13-17(14,15)7-4-6(10)5-12-8(7)11/h4-5,13H,1-3H3. The molecule has 0 atom stereocenters. The van der Waals surface area contributed by atoms with Crippen LogP contribution in [-0.4, -0.2) is 19.0 Å². The molecule has 0 amide bonds. The molecular formula is C9H12BrClN2O3S. The van der Waals surface area contributed by atoms with E-state index in [4.69, 9.17) is 16.4 Å². The molecule has 1 N–H and O–H groups in total. The van der Waals surface area contributed by atoms with Gasteiger partial charge in [-0.1, -0.05) is 16.5 Å². The number of nitrogens with one attached hydrogen (secondary N) is 1. The van der Waals surface area contributed by atoms with E-state index in [0.717, 1.165) is 0 Å². The molecule has 8 heteroatoms. The summed E-state index contributed by atoms with van der Waals surface area (Å²) in [6.07, 6.45) is 1.41. The fraction of sp³-hybridized carbons (Fsp3) is 0.444. The Morgan fingerprint density at radius 3 is 2.59 bits per heavy atom. The van der Waals surface area contributed by atoms with Crippen LogP contribution in [0.15, 0.2) is 21.6 Å². The number of pyridine rings is 1. The van der Waals surface area contributed by atoms with E-state index in [-0.39, 0.29) is 10.0 Å². The van der Waals surface area contributed by atoms with Crippen LogP contribution in [0.4, 0.5) is 0 Å². The summed E-state index contributed by atoms with van der Waals surface area (Å²) in [5.74, 6) is 0. The van der Waals surface area contributed by atoms with Gasteiger partial charge in [0.2, 0.25) is 0 Å². The average Bonchev–Trinajstić information content (AvgIpc) is 2.18. The first-order valence-corrected chi connectivity index (χ1v) is 7.28. The molecule has 0 saturated carbocycles. The molecule has 0 unspecified atom stereocenters. The Kier molecular flexibility index (Phi) is 4.54. The average molecular weight is 344 g/mol. The lowest BCUT2D eigenvalue weighted by atomic mass is 10.2. The van der Waals surface area contributed by atoms with Crippen molar-refractivity contribution >= 4 is 37.6 Å². The second kappa shape index (κ2) is 5.19. The van der Waals surface area contributed by atoms with Gasteiger partial charge >= 0.3 is 0 Å². The van der Waals surface area contributed by atoms with Gasteiger partial charge in [-0.15, -0.1) is 0 Å². The zero-order chi connectivity index (χ0) is 13.3. The highest BCUT2D eigenvalue weighted by Crippen LogP contribution is 2.22. The van der Waals surface area contributed by atoms with E-state index in [1.807, 2.05) is 4.89 Å². The lowest BCUT2D eigenvalue weighted by Gasteiger charge is -2.19. The molecule has 17 heavy (non-hydrogen) atoms. The second-order valence-electron chi connectivity index (χ2n) is 4.24. The van der Waals surface area contributed by atoms with E-state index in [1.54, 1.807) is 20.8 Å². The van der Waals surface area contributed by atoms with Crippen LogP contribution in [0.25, 0.3) is 0 Å². The molecule has 1 aromatic rings. The van der Waals surface area contributed by atoms with Gasteiger partial charge in [-0.25, -0.2) is 13.4 Å². The maximum absolute atomic E-state index is 11.9. The zero-order valence-electron chi connectivity index (χ0n) is 9.49. The third-order valence-electron chi connectivity index (χ3n) is 1.52. The number of hydrogen-bond acceptors (Lipinski definition) is 4. The molecule has 0 spiro atoms. The minimum absolute atomic E-state index is 0.113. The van der Waals surface area contributed by atoms with Gasteiger partial charge < -0.3 is 0 Å². The second-order valence-corrected chi connectivity index (χ2v) is 7.13. The number of rotatable bonds is 3. The summed E-state index contributed by atoms with van der Waals surface area (Å²) >= 11 is 8.85. The monoisotopic (exact) mass is 342 g/mol. The van der Waals surface area contributed by atoms with Crippen LogP contribution in [0.1, 0.15) is 20.8 Å². The molecular weight excluding hydrogens is 332 g/mol. The fourth-order valence-corrected chi connectivity index (χ4v) is 2.71. The number of aromatic nitrogens is 1. The predicted molar refractivity (Wildman–Crippen MR) is 68.1 cm³/mol. The Morgan fingerprint density at radius 1 is 1.47 bits per heavy atom. The zero-order valence-corrected chi connectivity index (χ0v) is 12.6. The minimum atomic E-state index is -3.84. The van der Waals surface area contributed by atoms with E-state index in [9.17, 15) is 8.42 Å². The molecule has 0 aliphatic heterocycles. The third kappa shape index (κ3) is 4.51. The Balaban J connectivity index is 3.02. The van der Waals surface area contributed by atoms with Crippen LogP contribution in [0.2, 0.25) is 5.15 Å². The van der Waals surface area contributed by atoms with Crippen molar-refractivity contribution in [1.82, 2.24) is 9.87 Å². The van der Waals surface area contributed by atoms with Crippen molar-refractivity contribution in [3.63, 3.8) is 0 Å². The van der Waals surface area contributed by atoms with E-state index in [2.05, 4.69) is 20.9 Å². The SMILES string of the molecule is CC(C)(C)ONS(=O)(=O)c1cc(Br)cnc1Cl. The van der Waals surface area contributed by atoms with Crippen LogP contribution < -0.4 is 4.89 Å². The van der Waals surface area contributed by atoms with E-state index < -0.39 is 15.6 Å². The highest BCUT2D eigenvalue weighted by Gasteiger charge is 2.22. The quantitative estimate of drug-likeness (QED) is 0.676. The van der Waals surface area contributed by atoms with Crippen LogP contribution in [0.5, 0.6) is 0 Å². The van der Waals surface area contributed by atoms with Crippen LogP contribution >= 0.6 is 27.5 Å². The molecule has 1 rings (SSSR count). The summed E-state index contributed by atoms with van der Waals surface area (Å²) in [4.78, 5) is 10.6. The molecule has 0 aliphatic carbocycles. The summed E-state index contributed by atoms with van der Waals surface area (Å²) in [6, 6.07) is 1.35. The van der Waals surface area contributed by atoms with E-state index >= 15 is 0 Å². The first-order valence-electron chi connectivity index (χ1n) is 4.63. The summed E-state index contributed by atoms with van der Waals surface area (Å²) in [5, 5.41) is -0.113. The Hall–Kier alpha value is -0.210. The van der Waals surface area contributed by atoms with Gasteiger partial charge in [-0.2, -0.15) is 0 Å². The van der Waals surface area contributed by atoms with Crippen molar-refractivity contribution in [3.05, 3.63) is 21.9 Å². The maximum atomic E-state index is 11.9. The van der Waals surface area contributed by atoms with Gasteiger partial charge in [0.05, 0.1) is 5.60 Å². The topological polar surface area (TPSA) is 68.3 Å². The van der Waals surface area contributed by atoms with Crippen molar-refractivity contribution in [2.45, 2.75) is 31.3 Å². The Labute approximate surface area is 114 Å². The first kappa shape index (κ1) is 14.8. The predicted octanol–water partition coefficient (Wildman–Crippen LogP) is 2.51. The summed E-state index contributed by atoms with van der Waals surface area (Å²) in [7, 11) is -3.84. The van der Waals surface area contributed by atoms with Crippen molar-refractivity contribution < 1.29 is 13.3 Å². The molecule has 0 saturated heterocycles. The summed E-state index contributed by atoms with van der Waals surface area (Å²) < 4.78 is 24.3. The number of hydrogen-bond donors (Lipinski definition) is 1.